The molecule has 2 aromatic rings. The monoisotopic (exact) mass is 771 g/mol. The summed E-state index contributed by atoms with van der Waals surface area (Å²) in [6.45, 7) is 2.00. The van der Waals surface area contributed by atoms with Gasteiger partial charge >= 0.3 is 0 Å². The van der Waals surface area contributed by atoms with Gasteiger partial charge in [-0.2, -0.15) is 4.98 Å². The van der Waals surface area contributed by atoms with Gasteiger partial charge in [0.05, 0.1) is 43.1 Å². The highest BCUT2D eigenvalue weighted by molar-refractivity contribution is 7.45. The molecule has 294 valence electrons. The molecule has 11 atom stereocenters. The van der Waals surface area contributed by atoms with Gasteiger partial charge in [-0.05, 0) is 44.4 Å². The van der Waals surface area contributed by atoms with Crippen molar-refractivity contribution in [1.29, 1.82) is 0 Å². The number of nitrogens with zero attached hydrogens (tertiary/aromatic N) is 2. The minimum absolute atomic E-state index is 0.0336. The summed E-state index contributed by atoms with van der Waals surface area (Å²) in [5.74, 6) is -3.46. The van der Waals surface area contributed by atoms with Gasteiger partial charge in [0.25, 0.3) is 13.4 Å². The van der Waals surface area contributed by atoms with E-state index >= 15 is 0 Å². The second kappa shape index (κ2) is 17.8. The second-order valence-corrected chi connectivity index (χ2v) is 13.7. The average Bonchev–Trinajstić information content (AvgIpc) is 3.35. The van der Waals surface area contributed by atoms with Gasteiger partial charge in [0, 0.05) is 18.1 Å². The Morgan fingerprint density at radius 2 is 1.81 bits per heavy atom. The minimum Gasteiger partial charge on any atom is -0.756 e. The fourth-order valence-corrected chi connectivity index (χ4v) is 6.33. The molecule has 0 spiro atoms. The highest BCUT2D eigenvalue weighted by atomic mass is 31.2. The standard InChI is InChI=1S/C30H43N6O16P/c1-12(21-13(2)33-26-22(34-21)27(44)36-30(31)35-26)32-15-5-3-14(4-6-15)9-16(37)23(41)17(38)10-49-29-25(43)24(42)19(51-29)11-50-53(47,48)52-18(28(45)46)7-8-20(39)40/h3-6,12-13,16-19,23-25,29,32,37-38,41-43H,7-11H2,1-2H3,(H,39,40)(H,45,46)(H,47,48)(H4,31,33,35,36,44)/p-3/t12-,13+,16+,17-,18+,19-,23+,24-,25-,29+/m1/s1. The maximum absolute atomic E-state index is 12.3. The van der Waals surface area contributed by atoms with E-state index in [1.807, 2.05) is 13.8 Å². The number of aliphatic hydroxyl groups excluding tert-OH is 5. The normalized spacial score (nSPS) is 25.1. The quantitative estimate of drug-likeness (QED) is 0.0603. The Hall–Kier alpha value is -4.06. The van der Waals surface area contributed by atoms with Crippen molar-refractivity contribution in [1.82, 2.24) is 9.97 Å². The number of anilines is 3. The number of aliphatic hydroxyl groups is 5. The molecule has 2 aliphatic heterocycles. The van der Waals surface area contributed by atoms with Gasteiger partial charge in [-0.3, -0.25) is 14.3 Å². The van der Waals surface area contributed by atoms with Crippen molar-refractivity contribution in [3.8, 4) is 0 Å². The molecule has 10 N–H and O–H groups in total. The number of nitrogen functional groups attached to an aromatic ring is 1. The zero-order chi connectivity index (χ0) is 39.2. The molecule has 4 rings (SSSR count). The number of aromatic amines is 1. The third-order valence-electron chi connectivity index (χ3n) is 8.24. The molecule has 0 radical (unpaired) electrons. The number of fused-ring (bicyclic) bond motifs is 1. The van der Waals surface area contributed by atoms with Crippen molar-refractivity contribution in [3.05, 3.63) is 40.2 Å². The van der Waals surface area contributed by atoms with Crippen LogP contribution in [0.3, 0.4) is 0 Å². The van der Waals surface area contributed by atoms with E-state index in [4.69, 9.17) is 15.2 Å². The first-order valence-electron chi connectivity index (χ1n) is 16.2. The number of carbonyl (C=O) groups excluding carboxylic acids is 2. The van der Waals surface area contributed by atoms with E-state index in [9.17, 15) is 59.6 Å². The Morgan fingerprint density at radius 3 is 2.45 bits per heavy atom. The first-order valence-corrected chi connectivity index (χ1v) is 17.6. The van der Waals surface area contributed by atoms with E-state index in [2.05, 4.69) is 34.6 Å². The predicted octanol–water partition coefficient (Wildman–Crippen LogP) is -5.02. The third-order valence-corrected chi connectivity index (χ3v) is 9.22. The van der Waals surface area contributed by atoms with Gasteiger partial charge in [0.15, 0.2) is 17.8 Å². The van der Waals surface area contributed by atoms with Crippen molar-refractivity contribution in [2.45, 2.75) is 94.2 Å². The number of carboxylic acids is 2. The number of nitrogens with one attached hydrogen (secondary N) is 3. The SMILES string of the molecule is C[C@@H]1Nc2nc(N)[nH]c(=O)c2N=C1[C@@H](C)Nc1ccc(C[C@H](O)[C@H](O)[C@H](O)CO[C@H]2O[C@H](COP(=O)([O-])O[C@@H](CCC(=O)[O-])C(=O)[O-])[C@@H](O)[C@H]2O)cc1. The van der Waals surface area contributed by atoms with Crippen LogP contribution in [0.1, 0.15) is 32.3 Å². The van der Waals surface area contributed by atoms with Crippen LogP contribution in [-0.4, -0.2) is 127 Å². The molecule has 0 bridgehead atoms. The molecule has 23 heteroatoms. The number of H-pyrrole nitrogens is 1. The van der Waals surface area contributed by atoms with Crippen LogP contribution in [0.15, 0.2) is 34.1 Å². The lowest BCUT2D eigenvalue weighted by Crippen LogP contribution is -2.43. The summed E-state index contributed by atoms with van der Waals surface area (Å²) in [6.07, 6.45) is -15.7. The zero-order valence-electron chi connectivity index (χ0n) is 28.3. The lowest BCUT2D eigenvalue weighted by molar-refractivity contribution is -0.319. The van der Waals surface area contributed by atoms with E-state index in [1.165, 1.54) is 0 Å². The van der Waals surface area contributed by atoms with Crippen molar-refractivity contribution < 1.29 is 73.3 Å². The summed E-state index contributed by atoms with van der Waals surface area (Å²) in [5.41, 5.74) is 7.14. The third kappa shape index (κ3) is 11.2. The topological polar surface area (TPSA) is 367 Å². The molecule has 1 aromatic heterocycles. The van der Waals surface area contributed by atoms with E-state index in [1.54, 1.807) is 24.3 Å². The number of ether oxygens (including phenoxy) is 2. The molecule has 1 fully saturated rings. The molecule has 2 aliphatic rings. The summed E-state index contributed by atoms with van der Waals surface area (Å²) in [4.78, 5) is 57.0. The maximum atomic E-state index is 12.3. The number of aliphatic imine (C=N–C) groups is 1. The molecule has 1 unspecified atom stereocenters. The van der Waals surface area contributed by atoms with Gasteiger partial charge in [-0.1, -0.05) is 12.1 Å². The van der Waals surface area contributed by atoms with Crippen molar-refractivity contribution in [2.24, 2.45) is 4.99 Å². The highest BCUT2D eigenvalue weighted by Crippen LogP contribution is 2.41. The number of phosphoric acid groups is 1. The van der Waals surface area contributed by atoms with E-state index in [0.29, 0.717) is 17.0 Å². The Kier molecular flexibility index (Phi) is 14.0. The number of rotatable bonds is 19. The van der Waals surface area contributed by atoms with E-state index in [0.717, 1.165) is 0 Å². The summed E-state index contributed by atoms with van der Waals surface area (Å²) in [5, 5.41) is 80.1. The molecular formula is C30H40N6O16P-3. The number of aromatic nitrogens is 2. The molecule has 22 nitrogen and oxygen atoms in total. The average molecular weight is 772 g/mol. The number of hydrogen-bond acceptors (Lipinski definition) is 21. The van der Waals surface area contributed by atoms with Gasteiger partial charge in [0.2, 0.25) is 5.95 Å². The second-order valence-electron chi connectivity index (χ2n) is 12.4. The van der Waals surface area contributed by atoms with Crippen molar-refractivity contribution >= 4 is 48.6 Å². The summed E-state index contributed by atoms with van der Waals surface area (Å²) in [7, 11) is -5.42. The lowest BCUT2D eigenvalue weighted by atomic mass is 10.00. The van der Waals surface area contributed by atoms with Gasteiger partial charge < -0.3 is 85.1 Å². The van der Waals surface area contributed by atoms with Gasteiger partial charge in [0.1, 0.15) is 36.6 Å². The highest BCUT2D eigenvalue weighted by Gasteiger charge is 2.44. The molecule has 0 amide bonds. The predicted molar refractivity (Wildman–Crippen MR) is 175 cm³/mol. The van der Waals surface area contributed by atoms with Crippen LogP contribution < -0.4 is 37.0 Å². The number of hydrogen-bond donors (Lipinski definition) is 9. The Bertz CT molecular complexity index is 1730. The molecular weight excluding hydrogens is 731 g/mol. The minimum atomic E-state index is -5.42. The zero-order valence-corrected chi connectivity index (χ0v) is 29.2. The van der Waals surface area contributed by atoms with Crippen LogP contribution in [-0.2, 0) is 39.1 Å². The first kappa shape index (κ1) is 41.7. The van der Waals surface area contributed by atoms with E-state index in [-0.39, 0.29) is 36.0 Å². The molecule has 0 saturated carbocycles. The lowest BCUT2D eigenvalue weighted by Gasteiger charge is -2.29. The molecule has 53 heavy (non-hydrogen) atoms. The van der Waals surface area contributed by atoms with Gasteiger partial charge in [-0.15, -0.1) is 0 Å². The fraction of sp³-hybridized carbons (Fsp3) is 0.567. The molecule has 1 aromatic carbocycles. The smallest absolute Gasteiger partial charge is 0.280 e. The van der Waals surface area contributed by atoms with E-state index < -0.39 is 100 Å². The number of nitrogens with two attached hydrogens (primary N) is 1. The summed E-state index contributed by atoms with van der Waals surface area (Å²) >= 11 is 0. The van der Waals surface area contributed by atoms with Crippen LogP contribution in [0.5, 0.6) is 0 Å². The van der Waals surface area contributed by atoms with Crippen LogP contribution in [0.25, 0.3) is 0 Å². The summed E-state index contributed by atoms with van der Waals surface area (Å²) < 4.78 is 31.4. The number of carboxylic acid groups (broad SMARTS) is 2. The van der Waals surface area contributed by atoms with Crippen LogP contribution >= 0.6 is 7.82 Å². The maximum Gasteiger partial charge on any atom is 0.280 e. The number of carbonyl (C=O) groups is 2. The fourth-order valence-electron chi connectivity index (χ4n) is 5.44. The molecule has 1 saturated heterocycles. The largest absolute Gasteiger partial charge is 0.756 e. The van der Waals surface area contributed by atoms with Gasteiger partial charge in [-0.25, -0.2) is 4.99 Å². The Morgan fingerprint density at radius 1 is 1.13 bits per heavy atom. The number of benzene rings is 1. The van der Waals surface area contributed by atoms with Crippen LogP contribution in [0.2, 0.25) is 0 Å². The number of phosphoric ester groups is 1. The first-order chi connectivity index (χ1) is 24.8. The van der Waals surface area contributed by atoms with Crippen molar-refractivity contribution in [3.63, 3.8) is 0 Å². The van der Waals surface area contributed by atoms with Crippen molar-refractivity contribution in [2.75, 3.05) is 29.6 Å². The Labute approximate surface area is 300 Å². The Balaban J connectivity index is 1.23. The number of aliphatic carboxylic acids is 2. The summed E-state index contributed by atoms with van der Waals surface area (Å²) in [6, 6.07) is 6.19. The van der Waals surface area contributed by atoms with Crippen LogP contribution in [0.4, 0.5) is 23.1 Å². The molecule has 0 aliphatic carbocycles. The van der Waals surface area contributed by atoms with Crippen LogP contribution in [0, 0.1) is 0 Å². The molecule has 3 heterocycles.